The van der Waals surface area contributed by atoms with Crippen LogP contribution in [0.4, 0.5) is 0 Å². The minimum Gasteiger partial charge on any atom is -0.496 e. The third-order valence-electron chi connectivity index (χ3n) is 2.98. The van der Waals surface area contributed by atoms with Crippen molar-refractivity contribution in [3.05, 3.63) is 64.7 Å². The molecule has 0 atom stereocenters. The van der Waals surface area contributed by atoms with Crippen molar-refractivity contribution in [2.75, 3.05) is 7.11 Å². The number of para-hydroxylation sites is 1. The van der Waals surface area contributed by atoms with Gasteiger partial charge in [0.1, 0.15) is 5.75 Å². The summed E-state index contributed by atoms with van der Waals surface area (Å²) in [5, 5.41) is 0.640. The molecule has 0 bridgehead atoms. The van der Waals surface area contributed by atoms with Crippen LogP contribution in [0.2, 0.25) is 5.02 Å². The molecular weight excluding hydrogens is 260 g/mol. The second-order valence-electron chi connectivity index (χ2n) is 4.24. The van der Waals surface area contributed by atoms with Gasteiger partial charge in [-0.05, 0) is 42.3 Å². The molecule has 0 saturated heterocycles. The molecule has 0 radical (unpaired) electrons. The van der Waals surface area contributed by atoms with E-state index in [0.717, 1.165) is 11.3 Å². The van der Waals surface area contributed by atoms with Gasteiger partial charge in [-0.15, -0.1) is 0 Å². The monoisotopic (exact) mass is 274 g/mol. The highest BCUT2D eigenvalue weighted by molar-refractivity contribution is 6.30. The first-order chi connectivity index (χ1) is 9.20. The van der Waals surface area contributed by atoms with Crippen molar-refractivity contribution in [1.82, 2.24) is 0 Å². The number of rotatable bonds is 5. The van der Waals surface area contributed by atoms with Gasteiger partial charge in [0.15, 0.2) is 5.78 Å². The topological polar surface area (TPSA) is 26.3 Å². The van der Waals surface area contributed by atoms with Crippen molar-refractivity contribution >= 4 is 17.4 Å². The number of carbonyl (C=O) groups is 1. The normalized spacial score (nSPS) is 10.2. The SMILES string of the molecule is COc1ccccc1CCC(=O)c1ccc(Cl)cc1. The third kappa shape index (κ3) is 3.58. The van der Waals surface area contributed by atoms with E-state index >= 15 is 0 Å². The molecule has 0 amide bonds. The molecule has 19 heavy (non-hydrogen) atoms. The highest BCUT2D eigenvalue weighted by Gasteiger charge is 2.08. The van der Waals surface area contributed by atoms with Crippen LogP contribution in [0, 0.1) is 0 Å². The minimum absolute atomic E-state index is 0.113. The first-order valence-corrected chi connectivity index (χ1v) is 6.49. The first-order valence-electron chi connectivity index (χ1n) is 6.11. The predicted molar refractivity (Wildman–Crippen MR) is 77.1 cm³/mol. The molecule has 2 rings (SSSR count). The third-order valence-corrected chi connectivity index (χ3v) is 3.23. The number of benzene rings is 2. The maximum atomic E-state index is 12.0. The van der Waals surface area contributed by atoms with Gasteiger partial charge in [0.25, 0.3) is 0 Å². The number of ether oxygens (including phenoxy) is 1. The Morgan fingerprint density at radius 2 is 1.79 bits per heavy atom. The molecule has 3 heteroatoms. The largest absolute Gasteiger partial charge is 0.496 e. The summed E-state index contributed by atoms with van der Waals surface area (Å²) in [4.78, 5) is 12.0. The van der Waals surface area contributed by atoms with E-state index in [-0.39, 0.29) is 5.78 Å². The fraction of sp³-hybridized carbons (Fsp3) is 0.188. The van der Waals surface area contributed by atoms with Crippen LogP contribution in [0.1, 0.15) is 22.3 Å². The second-order valence-corrected chi connectivity index (χ2v) is 4.68. The zero-order valence-electron chi connectivity index (χ0n) is 10.7. The van der Waals surface area contributed by atoms with E-state index in [0.29, 0.717) is 23.4 Å². The summed E-state index contributed by atoms with van der Waals surface area (Å²) in [5.74, 6) is 0.939. The lowest BCUT2D eigenvalue weighted by Crippen LogP contribution is -2.02. The lowest BCUT2D eigenvalue weighted by molar-refractivity contribution is 0.0982. The summed E-state index contributed by atoms with van der Waals surface area (Å²) in [6, 6.07) is 14.7. The van der Waals surface area contributed by atoms with Gasteiger partial charge in [0, 0.05) is 17.0 Å². The number of ketones is 1. The molecular formula is C16H15ClO2. The average molecular weight is 275 g/mol. The minimum atomic E-state index is 0.113. The van der Waals surface area contributed by atoms with Crippen molar-refractivity contribution in [3.8, 4) is 5.75 Å². The van der Waals surface area contributed by atoms with E-state index in [2.05, 4.69) is 0 Å². The van der Waals surface area contributed by atoms with Crippen molar-refractivity contribution in [1.29, 1.82) is 0 Å². The molecule has 0 spiro atoms. The Labute approximate surface area is 118 Å². The van der Waals surface area contributed by atoms with Gasteiger partial charge < -0.3 is 4.74 Å². The van der Waals surface area contributed by atoms with Crippen LogP contribution in [-0.2, 0) is 6.42 Å². The zero-order valence-corrected chi connectivity index (χ0v) is 11.5. The summed E-state index contributed by atoms with van der Waals surface area (Å²) in [6.45, 7) is 0. The molecule has 0 N–H and O–H groups in total. The smallest absolute Gasteiger partial charge is 0.163 e. The summed E-state index contributed by atoms with van der Waals surface area (Å²) in [7, 11) is 1.64. The molecule has 0 aliphatic heterocycles. The highest BCUT2D eigenvalue weighted by atomic mass is 35.5. The van der Waals surface area contributed by atoms with Gasteiger partial charge in [-0.2, -0.15) is 0 Å². The Bertz CT molecular complexity index is 561. The highest BCUT2D eigenvalue weighted by Crippen LogP contribution is 2.20. The van der Waals surface area contributed by atoms with Crippen molar-refractivity contribution in [3.63, 3.8) is 0 Å². The van der Waals surface area contributed by atoms with E-state index in [1.165, 1.54) is 0 Å². The van der Waals surface area contributed by atoms with Gasteiger partial charge in [-0.25, -0.2) is 0 Å². The fourth-order valence-corrected chi connectivity index (χ4v) is 2.06. The molecule has 98 valence electrons. The number of aryl methyl sites for hydroxylation is 1. The number of Topliss-reactive ketones (excluding diaryl/α,β-unsaturated/α-hetero) is 1. The number of halogens is 1. The van der Waals surface area contributed by atoms with E-state index in [9.17, 15) is 4.79 Å². The fourth-order valence-electron chi connectivity index (χ4n) is 1.94. The summed E-state index contributed by atoms with van der Waals surface area (Å²) in [6.07, 6.45) is 1.13. The van der Waals surface area contributed by atoms with Crippen molar-refractivity contribution in [2.24, 2.45) is 0 Å². The van der Waals surface area contributed by atoms with Gasteiger partial charge in [-0.3, -0.25) is 4.79 Å². The van der Waals surface area contributed by atoms with Crippen LogP contribution in [0.5, 0.6) is 5.75 Å². The second kappa shape index (κ2) is 6.39. The van der Waals surface area contributed by atoms with E-state index < -0.39 is 0 Å². The molecule has 2 aromatic carbocycles. The van der Waals surface area contributed by atoms with Crippen LogP contribution in [0.3, 0.4) is 0 Å². The molecule has 2 nitrogen and oxygen atoms in total. The molecule has 0 heterocycles. The van der Waals surface area contributed by atoms with E-state index in [1.54, 1.807) is 31.4 Å². The standard InChI is InChI=1S/C16H15ClO2/c1-19-16-5-3-2-4-13(16)8-11-15(18)12-6-9-14(17)10-7-12/h2-7,9-10H,8,11H2,1H3. The van der Waals surface area contributed by atoms with Crippen LogP contribution < -0.4 is 4.74 Å². The first kappa shape index (κ1) is 13.6. The van der Waals surface area contributed by atoms with Gasteiger partial charge in [0.05, 0.1) is 7.11 Å². The van der Waals surface area contributed by atoms with E-state index in [4.69, 9.17) is 16.3 Å². The maximum absolute atomic E-state index is 12.0. The number of hydrogen-bond donors (Lipinski definition) is 0. The van der Waals surface area contributed by atoms with Gasteiger partial charge in [-0.1, -0.05) is 29.8 Å². The van der Waals surface area contributed by atoms with Crippen LogP contribution in [0.15, 0.2) is 48.5 Å². The number of methoxy groups -OCH3 is 1. The Kier molecular flexibility index (Phi) is 4.58. The van der Waals surface area contributed by atoms with Crippen LogP contribution in [-0.4, -0.2) is 12.9 Å². The maximum Gasteiger partial charge on any atom is 0.163 e. The van der Waals surface area contributed by atoms with Crippen molar-refractivity contribution < 1.29 is 9.53 Å². The van der Waals surface area contributed by atoms with Gasteiger partial charge in [0.2, 0.25) is 0 Å². The Morgan fingerprint density at radius 1 is 1.11 bits per heavy atom. The van der Waals surface area contributed by atoms with Crippen LogP contribution in [0.25, 0.3) is 0 Å². The Balaban J connectivity index is 2.02. The average Bonchev–Trinajstić information content (AvgIpc) is 2.45. The van der Waals surface area contributed by atoms with Crippen molar-refractivity contribution in [2.45, 2.75) is 12.8 Å². The summed E-state index contributed by atoms with van der Waals surface area (Å²) >= 11 is 5.80. The number of carbonyl (C=O) groups excluding carboxylic acids is 1. The number of hydrogen-bond acceptors (Lipinski definition) is 2. The Hall–Kier alpha value is -1.80. The molecule has 0 unspecified atom stereocenters. The summed E-state index contributed by atoms with van der Waals surface area (Å²) in [5.41, 5.74) is 1.74. The lowest BCUT2D eigenvalue weighted by atomic mass is 10.0. The zero-order chi connectivity index (χ0) is 13.7. The molecule has 2 aromatic rings. The predicted octanol–water partition coefficient (Wildman–Crippen LogP) is 4.16. The molecule has 0 fully saturated rings. The lowest BCUT2D eigenvalue weighted by Gasteiger charge is -2.07. The Morgan fingerprint density at radius 3 is 2.47 bits per heavy atom. The van der Waals surface area contributed by atoms with Crippen LogP contribution >= 0.6 is 11.6 Å². The molecule has 0 aromatic heterocycles. The summed E-state index contributed by atoms with van der Waals surface area (Å²) < 4.78 is 5.27. The quantitative estimate of drug-likeness (QED) is 0.765. The molecule has 0 aliphatic rings. The molecule has 0 saturated carbocycles. The van der Waals surface area contributed by atoms with Gasteiger partial charge >= 0.3 is 0 Å². The van der Waals surface area contributed by atoms with E-state index in [1.807, 2.05) is 24.3 Å². The molecule has 0 aliphatic carbocycles.